The second kappa shape index (κ2) is 5.05. The van der Waals surface area contributed by atoms with E-state index in [4.69, 9.17) is 5.73 Å². The van der Waals surface area contributed by atoms with Crippen molar-refractivity contribution >= 4 is 16.5 Å². The van der Waals surface area contributed by atoms with Crippen LogP contribution >= 0.6 is 11.3 Å². The third-order valence-electron chi connectivity index (χ3n) is 1.62. The van der Waals surface area contributed by atoms with Crippen LogP contribution < -0.4 is 11.1 Å². The molecule has 1 aromatic rings. The molecule has 12 heavy (non-hydrogen) atoms. The average molecular weight is 186 g/mol. The summed E-state index contributed by atoms with van der Waals surface area (Å²) < 4.78 is 0. The summed E-state index contributed by atoms with van der Waals surface area (Å²) in [6.07, 6.45) is 1.05. The first-order chi connectivity index (χ1) is 5.83. The molecule has 0 bridgehead atoms. The summed E-state index contributed by atoms with van der Waals surface area (Å²) in [4.78, 5) is 0. The van der Waals surface area contributed by atoms with E-state index < -0.39 is 0 Å². The Morgan fingerprint density at radius 2 is 2.58 bits per heavy atom. The fourth-order valence-corrected chi connectivity index (χ4v) is 1.35. The Bertz CT molecular complexity index is 199. The SMILES string of the molecule is CC(CCN)CNc1nncs1. The van der Waals surface area contributed by atoms with Crippen LogP contribution in [0.4, 0.5) is 5.13 Å². The van der Waals surface area contributed by atoms with E-state index in [1.807, 2.05) is 0 Å². The van der Waals surface area contributed by atoms with Crippen molar-refractivity contribution in [3.63, 3.8) is 0 Å². The van der Waals surface area contributed by atoms with Gasteiger partial charge in [-0.25, -0.2) is 0 Å². The van der Waals surface area contributed by atoms with Crippen LogP contribution in [0.1, 0.15) is 13.3 Å². The van der Waals surface area contributed by atoms with Crippen LogP contribution in [0.5, 0.6) is 0 Å². The van der Waals surface area contributed by atoms with Crippen molar-refractivity contribution in [2.24, 2.45) is 11.7 Å². The molecule has 0 spiro atoms. The number of nitrogens with one attached hydrogen (secondary N) is 1. The van der Waals surface area contributed by atoms with Gasteiger partial charge in [0, 0.05) is 6.54 Å². The molecule has 1 atom stereocenters. The highest BCUT2D eigenvalue weighted by atomic mass is 32.1. The number of aromatic nitrogens is 2. The zero-order valence-electron chi connectivity index (χ0n) is 7.16. The molecule has 0 saturated carbocycles. The Morgan fingerprint density at radius 1 is 1.75 bits per heavy atom. The van der Waals surface area contributed by atoms with Gasteiger partial charge in [-0.2, -0.15) is 0 Å². The first-order valence-electron chi connectivity index (χ1n) is 4.03. The second-order valence-electron chi connectivity index (χ2n) is 2.81. The predicted molar refractivity (Wildman–Crippen MR) is 51.2 cm³/mol. The molecule has 0 radical (unpaired) electrons. The maximum atomic E-state index is 5.43. The Hall–Kier alpha value is -0.680. The highest BCUT2D eigenvalue weighted by molar-refractivity contribution is 7.13. The molecule has 0 aliphatic heterocycles. The van der Waals surface area contributed by atoms with Crippen molar-refractivity contribution in [3.8, 4) is 0 Å². The Kier molecular flexibility index (Phi) is 3.96. The quantitative estimate of drug-likeness (QED) is 0.718. The largest absolute Gasteiger partial charge is 0.360 e. The molecule has 0 fully saturated rings. The third-order valence-corrected chi connectivity index (χ3v) is 2.27. The molecule has 0 aliphatic carbocycles. The highest BCUT2D eigenvalue weighted by Gasteiger charge is 2.01. The van der Waals surface area contributed by atoms with Crippen LogP contribution in [-0.2, 0) is 0 Å². The second-order valence-corrected chi connectivity index (χ2v) is 3.64. The monoisotopic (exact) mass is 186 g/mol. The van der Waals surface area contributed by atoms with Crippen molar-refractivity contribution in [2.75, 3.05) is 18.4 Å². The summed E-state index contributed by atoms with van der Waals surface area (Å²) in [7, 11) is 0. The molecule has 0 amide bonds. The molecule has 0 aromatic carbocycles. The van der Waals surface area contributed by atoms with Gasteiger partial charge in [-0.3, -0.25) is 0 Å². The summed E-state index contributed by atoms with van der Waals surface area (Å²) in [5.74, 6) is 0.596. The van der Waals surface area contributed by atoms with E-state index in [1.54, 1.807) is 5.51 Å². The van der Waals surface area contributed by atoms with Gasteiger partial charge in [0.2, 0.25) is 5.13 Å². The summed E-state index contributed by atoms with van der Waals surface area (Å²) in [6.45, 7) is 3.84. The van der Waals surface area contributed by atoms with Gasteiger partial charge < -0.3 is 11.1 Å². The molecular formula is C7H14N4S. The minimum atomic E-state index is 0.596. The standard InChI is InChI=1S/C7H14N4S/c1-6(2-3-8)4-9-7-11-10-5-12-7/h5-6H,2-4,8H2,1H3,(H,9,11). The zero-order valence-corrected chi connectivity index (χ0v) is 7.97. The predicted octanol–water partition coefficient (Wildman–Crippen LogP) is 0.935. The van der Waals surface area contributed by atoms with Crippen molar-refractivity contribution in [2.45, 2.75) is 13.3 Å². The summed E-state index contributed by atoms with van der Waals surface area (Å²) in [5.41, 5.74) is 7.14. The van der Waals surface area contributed by atoms with Crippen molar-refractivity contribution in [3.05, 3.63) is 5.51 Å². The number of rotatable bonds is 5. The molecule has 5 heteroatoms. The van der Waals surface area contributed by atoms with Crippen molar-refractivity contribution in [1.29, 1.82) is 0 Å². The maximum absolute atomic E-state index is 5.43. The fraction of sp³-hybridized carbons (Fsp3) is 0.714. The first kappa shape index (κ1) is 9.41. The maximum Gasteiger partial charge on any atom is 0.205 e. The Morgan fingerprint density at radius 3 is 3.17 bits per heavy atom. The van der Waals surface area contributed by atoms with E-state index in [0.717, 1.165) is 24.6 Å². The zero-order chi connectivity index (χ0) is 8.81. The van der Waals surface area contributed by atoms with Crippen molar-refractivity contribution in [1.82, 2.24) is 10.2 Å². The molecule has 1 unspecified atom stereocenters. The third kappa shape index (κ3) is 3.15. The average Bonchev–Trinajstić information content (AvgIpc) is 2.53. The van der Waals surface area contributed by atoms with Gasteiger partial charge in [0.15, 0.2) is 0 Å². The lowest BCUT2D eigenvalue weighted by molar-refractivity contribution is 0.568. The Labute approximate surface area is 76.2 Å². The van der Waals surface area contributed by atoms with Crippen molar-refractivity contribution < 1.29 is 0 Å². The van der Waals surface area contributed by atoms with Gasteiger partial charge in [0.05, 0.1) is 0 Å². The summed E-state index contributed by atoms with van der Waals surface area (Å²) >= 11 is 1.52. The molecule has 0 aliphatic rings. The van der Waals surface area contributed by atoms with Gasteiger partial charge >= 0.3 is 0 Å². The van der Waals surface area contributed by atoms with Crippen LogP contribution in [0.15, 0.2) is 5.51 Å². The summed E-state index contributed by atoms with van der Waals surface area (Å²) in [5, 5.41) is 11.7. The van der Waals surface area contributed by atoms with E-state index in [2.05, 4.69) is 22.4 Å². The fourth-order valence-electron chi connectivity index (χ4n) is 0.898. The van der Waals surface area contributed by atoms with E-state index >= 15 is 0 Å². The highest BCUT2D eigenvalue weighted by Crippen LogP contribution is 2.09. The molecule has 1 heterocycles. The number of nitrogens with zero attached hydrogens (tertiary/aromatic N) is 2. The number of hydrogen-bond donors (Lipinski definition) is 2. The lowest BCUT2D eigenvalue weighted by Crippen LogP contribution is -2.15. The van der Waals surface area contributed by atoms with Gasteiger partial charge in [0.25, 0.3) is 0 Å². The smallest absolute Gasteiger partial charge is 0.205 e. The topological polar surface area (TPSA) is 63.8 Å². The van der Waals surface area contributed by atoms with Crippen LogP contribution in [0.2, 0.25) is 0 Å². The molecule has 68 valence electrons. The van der Waals surface area contributed by atoms with E-state index in [1.165, 1.54) is 11.3 Å². The van der Waals surface area contributed by atoms with Gasteiger partial charge in [-0.15, -0.1) is 10.2 Å². The summed E-state index contributed by atoms with van der Waals surface area (Å²) in [6, 6.07) is 0. The van der Waals surface area contributed by atoms with Gasteiger partial charge in [-0.05, 0) is 18.9 Å². The molecule has 0 saturated heterocycles. The molecule has 4 nitrogen and oxygen atoms in total. The first-order valence-corrected chi connectivity index (χ1v) is 4.91. The number of nitrogens with two attached hydrogens (primary N) is 1. The lowest BCUT2D eigenvalue weighted by atomic mass is 10.1. The normalized spacial score (nSPS) is 12.8. The van der Waals surface area contributed by atoms with Crippen LogP contribution in [0.3, 0.4) is 0 Å². The van der Waals surface area contributed by atoms with Gasteiger partial charge in [-0.1, -0.05) is 18.3 Å². The van der Waals surface area contributed by atoms with E-state index in [-0.39, 0.29) is 0 Å². The van der Waals surface area contributed by atoms with Gasteiger partial charge in [0.1, 0.15) is 5.51 Å². The van der Waals surface area contributed by atoms with Crippen LogP contribution in [0, 0.1) is 5.92 Å². The van der Waals surface area contributed by atoms with E-state index in [0.29, 0.717) is 5.92 Å². The van der Waals surface area contributed by atoms with Crippen LogP contribution in [0.25, 0.3) is 0 Å². The Balaban J connectivity index is 2.17. The molecule has 1 rings (SSSR count). The minimum absolute atomic E-state index is 0.596. The van der Waals surface area contributed by atoms with E-state index in [9.17, 15) is 0 Å². The minimum Gasteiger partial charge on any atom is -0.360 e. The molecule has 3 N–H and O–H groups in total. The lowest BCUT2D eigenvalue weighted by Gasteiger charge is -2.09. The number of hydrogen-bond acceptors (Lipinski definition) is 5. The number of anilines is 1. The molecular weight excluding hydrogens is 172 g/mol. The van der Waals surface area contributed by atoms with Crippen LogP contribution in [-0.4, -0.2) is 23.3 Å². The molecule has 1 aromatic heterocycles.